The molecule has 0 aliphatic rings. The molecule has 0 saturated carbocycles. The first-order valence-electron chi connectivity index (χ1n) is 7.31. The van der Waals surface area contributed by atoms with Crippen molar-refractivity contribution in [2.24, 2.45) is 0 Å². The van der Waals surface area contributed by atoms with Crippen molar-refractivity contribution < 1.29 is 14.3 Å². The molecule has 0 aromatic heterocycles. The zero-order valence-electron chi connectivity index (χ0n) is 13.2. The van der Waals surface area contributed by atoms with Gasteiger partial charge in [-0.05, 0) is 58.5 Å². The highest BCUT2D eigenvalue weighted by Crippen LogP contribution is 2.26. The second kappa shape index (κ2) is 9.85. The highest BCUT2D eigenvalue weighted by atomic mass is 127. The molecule has 0 fully saturated rings. The first-order valence-corrected chi connectivity index (χ1v) is 9.15. The van der Waals surface area contributed by atoms with Crippen LogP contribution in [-0.4, -0.2) is 12.6 Å². The van der Waals surface area contributed by atoms with Gasteiger partial charge in [-0.3, -0.25) is 0 Å². The molecule has 2 rings (SSSR count). The Morgan fingerprint density at radius 3 is 2.68 bits per heavy atom. The van der Waals surface area contributed by atoms with Crippen LogP contribution in [0.3, 0.4) is 0 Å². The molecule has 0 radical (unpaired) electrons. The summed E-state index contributed by atoms with van der Waals surface area (Å²) in [4.78, 5) is 11.4. The van der Waals surface area contributed by atoms with Gasteiger partial charge in [0.2, 0.25) is 0 Å². The van der Waals surface area contributed by atoms with Crippen LogP contribution in [-0.2, 0) is 16.1 Å². The molecule has 0 bridgehead atoms. The molecule has 6 heteroatoms. The molecule has 0 N–H and O–H groups in total. The second-order valence-corrected chi connectivity index (χ2v) is 6.97. The van der Waals surface area contributed by atoms with Gasteiger partial charge in [-0.1, -0.05) is 48.0 Å². The number of carbonyl (C=O) groups excluding carboxylic acids is 1. The standard InChI is InChI=1S/C19H15Cl2IO3/c1-2-9-24-19(23)8-4-13-3-7-18(17(22)10-13)25-12-14-5-6-15(20)11-16(14)21/h2-8,10-11H,1,9,12H2/b8-4+. The summed E-state index contributed by atoms with van der Waals surface area (Å²) < 4.78 is 11.6. The van der Waals surface area contributed by atoms with Gasteiger partial charge in [0.15, 0.2) is 0 Å². The van der Waals surface area contributed by atoms with Crippen LogP contribution in [0.1, 0.15) is 11.1 Å². The average molecular weight is 489 g/mol. The molecule has 0 amide bonds. The van der Waals surface area contributed by atoms with Crippen LogP contribution in [0.2, 0.25) is 10.0 Å². The van der Waals surface area contributed by atoms with E-state index in [1.165, 1.54) is 12.2 Å². The van der Waals surface area contributed by atoms with Gasteiger partial charge >= 0.3 is 5.97 Å². The normalized spacial score (nSPS) is 10.7. The minimum absolute atomic E-state index is 0.195. The topological polar surface area (TPSA) is 35.5 Å². The number of benzene rings is 2. The van der Waals surface area contributed by atoms with Crippen molar-refractivity contribution in [3.8, 4) is 5.75 Å². The summed E-state index contributed by atoms with van der Waals surface area (Å²) in [6, 6.07) is 10.9. The average Bonchev–Trinajstić information content (AvgIpc) is 2.58. The maximum atomic E-state index is 11.4. The fourth-order valence-electron chi connectivity index (χ4n) is 1.89. The molecular formula is C19H15Cl2IO3. The smallest absolute Gasteiger partial charge is 0.331 e. The highest BCUT2D eigenvalue weighted by molar-refractivity contribution is 14.1. The van der Waals surface area contributed by atoms with Gasteiger partial charge in [-0.2, -0.15) is 0 Å². The van der Waals surface area contributed by atoms with Crippen LogP contribution < -0.4 is 4.74 Å². The molecule has 25 heavy (non-hydrogen) atoms. The second-order valence-electron chi connectivity index (χ2n) is 4.97. The molecule has 0 spiro atoms. The van der Waals surface area contributed by atoms with Crippen LogP contribution in [0.5, 0.6) is 5.75 Å². The van der Waals surface area contributed by atoms with Crippen LogP contribution in [0.15, 0.2) is 55.1 Å². The quantitative estimate of drug-likeness (QED) is 0.210. The third kappa shape index (κ3) is 6.38. The SMILES string of the molecule is C=CCOC(=O)/C=C/c1ccc(OCc2ccc(Cl)cc2Cl)c(I)c1. The Bertz CT molecular complexity index is 803. The number of ether oxygens (including phenoxy) is 2. The van der Waals surface area contributed by atoms with E-state index in [9.17, 15) is 4.79 Å². The first-order chi connectivity index (χ1) is 12.0. The number of esters is 1. The third-order valence-electron chi connectivity index (χ3n) is 3.11. The van der Waals surface area contributed by atoms with Gasteiger partial charge in [0, 0.05) is 21.7 Å². The maximum Gasteiger partial charge on any atom is 0.331 e. The summed E-state index contributed by atoms with van der Waals surface area (Å²) in [7, 11) is 0. The van der Waals surface area contributed by atoms with E-state index in [2.05, 4.69) is 29.2 Å². The minimum Gasteiger partial charge on any atom is -0.488 e. The van der Waals surface area contributed by atoms with Crippen molar-refractivity contribution in [3.05, 3.63) is 79.9 Å². The predicted molar refractivity (Wildman–Crippen MR) is 110 cm³/mol. The lowest BCUT2D eigenvalue weighted by molar-refractivity contribution is -0.136. The Morgan fingerprint density at radius 2 is 2.00 bits per heavy atom. The lowest BCUT2D eigenvalue weighted by atomic mass is 10.2. The minimum atomic E-state index is -0.410. The summed E-state index contributed by atoms with van der Waals surface area (Å²) in [6.07, 6.45) is 4.59. The summed E-state index contributed by atoms with van der Waals surface area (Å²) in [6.45, 7) is 4.03. The van der Waals surface area contributed by atoms with E-state index in [0.717, 1.165) is 20.4 Å². The van der Waals surface area contributed by atoms with E-state index in [-0.39, 0.29) is 6.61 Å². The first kappa shape index (κ1) is 19.8. The molecule has 0 heterocycles. The zero-order valence-corrected chi connectivity index (χ0v) is 16.8. The summed E-state index contributed by atoms with van der Waals surface area (Å²) in [5.41, 5.74) is 1.73. The molecule has 130 valence electrons. The van der Waals surface area contributed by atoms with Gasteiger partial charge in [0.05, 0.1) is 3.57 Å². The van der Waals surface area contributed by atoms with Crippen LogP contribution in [0.4, 0.5) is 0 Å². The molecule has 3 nitrogen and oxygen atoms in total. The van der Waals surface area contributed by atoms with E-state index in [1.54, 1.807) is 18.2 Å². The summed E-state index contributed by atoms with van der Waals surface area (Å²) in [5, 5.41) is 1.16. The lowest BCUT2D eigenvalue weighted by Gasteiger charge is -2.10. The predicted octanol–water partition coefficient (Wildman–Crippen LogP) is 5.92. The summed E-state index contributed by atoms with van der Waals surface area (Å²) >= 11 is 14.2. The van der Waals surface area contributed by atoms with E-state index >= 15 is 0 Å². The molecule has 2 aromatic carbocycles. The Balaban J connectivity index is 2.00. The fraction of sp³-hybridized carbons (Fsp3) is 0.105. The monoisotopic (exact) mass is 488 g/mol. The molecule has 0 atom stereocenters. The number of hydrogen-bond acceptors (Lipinski definition) is 3. The lowest BCUT2D eigenvalue weighted by Crippen LogP contribution is -1.99. The van der Waals surface area contributed by atoms with Crippen molar-refractivity contribution in [1.29, 1.82) is 0 Å². The molecule has 0 aliphatic carbocycles. The van der Waals surface area contributed by atoms with Crippen molar-refractivity contribution in [1.82, 2.24) is 0 Å². The van der Waals surface area contributed by atoms with E-state index in [1.807, 2.05) is 24.3 Å². The molecular weight excluding hydrogens is 474 g/mol. The number of carbonyl (C=O) groups is 1. The highest BCUT2D eigenvalue weighted by Gasteiger charge is 2.06. The fourth-order valence-corrected chi connectivity index (χ4v) is 3.04. The van der Waals surface area contributed by atoms with Crippen molar-refractivity contribution in [2.75, 3.05) is 6.61 Å². The van der Waals surface area contributed by atoms with Crippen molar-refractivity contribution in [2.45, 2.75) is 6.61 Å². The molecule has 2 aromatic rings. The molecule has 0 aliphatic heterocycles. The Labute approximate surface area is 170 Å². The molecule has 0 saturated heterocycles. The number of hydrogen-bond donors (Lipinski definition) is 0. The Kier molecular flexibility index (Phi) is 7.81. The Hall–Kier alpha value is -1.50. The van der Waals surface area contributed by atoms with Gasteiger partial charge in [-0.25, -0.2) is 4.79 Å². The maximum absolute atomic E-state index is 11.4. The van der Waals surface area contributed by atoms with Crippen molar-refractivity contribution in [3.63, 3.8) is 0 Å². The van der Waals surface area contributed by atoms with Crippen LogP contribution in [0.25, 0.3) is 6.08 Å². The third-order valence-corrected chi connectivity index (χ3v) is 4.54. The zero-order chi connectivity index (χ0) is 18.2. The van der Waals surface area contributed by atoms with Crippen molar-refractivity contribution >= 4 is 57.8 Å². The molecule has 0 unspecified atom stereocenters. The summed E-state index contributed by atoms with van der Waals surface area (Å²) in [5.74, 6) is 0.325. The van der Waals surface area contributed by atoms with E-state index in [0.29, 0.717) is 16.7 Å². The van der Waals surface area contributed by atoms with Crippen LogP contribution >= 0.6 is 45.8 Å². The largest absolute Gasteiger partial charge is 0.488 e. The Morgan fingerprint density at radius 1 is 1.20 bits per heavy atom. The van der Waals surface area contributed by atoms with Gasteiger partial charge in [0.1, 0.15) is 19.0 Å². The van der Waals surface area contributed by atoms with Crippen LogP contribution in [0, 0.1) is 3.57 Å². The number of rotatable bonds is 7. The van der Waals surface area contributed by atoms with Gasteiger partial charge in [0.25, 0.3) is 0 Å². The van der Waals surface area contributed by atoms with E-state index < -0.39 is 5.97 Å². The van der Waals surface area contributed by atoms with Gasteiger partial charge in [-0.15, -0.1) is 0 Å². The number of halogens is 3. The van der Waals surface area contributed by atoms with Gasteiger partial charge < -0.3 is 9.47 Å². The van der Waals surface area contributed by atoms with E-state index in [4.69, 9.17) is 32.7 Å².